The monoisotopic (exact) mass is 360 g/mol. The van der Waals surface area contributed by atoms with Crippen molar-refractivity contribution in [1.29, 1.82) is 0 Å². The summed E-state index contributed by atoms with van der Waals surface area (Å²) in [7, 11) is 3.14. The first-order valence-corrected chi connectivity index (χ1v) is 8.42. The van der Waals surface area contributed by atoms with Crippen molar-refractivity contribution < 1.29 is 19.1 Å². The number of ether oxygens (including phenoxy) is 2. The fraction of sp³-hybridized carbons (Fsp3) is 0.222. The normalized spacial score (nSPS) is 11.5. The van der Waals surface area contributed by atoms with Crippen LogP contribution >= 0.6 is 11.8 Å². The standard InChI is InChI=1S/C18H20N2O4S/c1-11(25-14-8-9-15(23-2)16(10-14)24-3)18(22)20-13-6-4-12(5-7-13)17(19)21/h4-11H,1-3H3,(H2,19,21)(H,20,22)/t11-/m0/s1. The Morgan fingerprint density at radius 1 is 1.04 bits per heavy atom. The zero-order valence-electron chi connectivity index (χ0n) is 14.2. The summed E-state index contributed by atoms with van der Waals surface area (Å²) in [6.45, 7) is 1.81. The molecule has 0 spiro atoms. The molecule has 7 heteroatoms. The quantitative estimate of drug-likeness (QED) is 0.741. The first-order valence-electron chi connectivity index (χ1n) is 7.54. The van der Waals surface area contributed by atoms with Crippen molar-refractivity contribution in [3.63, 3.8) is 0 Å². The van der Waals surface area contributed by atoms with Crippen molar-refractivity contribution in [2.45, 2.75) is 17.1 Å². The number of carbonyl (C=O) groups excluding carboxylic acids is 2. The van der Waals surface area contributed by atoms with E-state index in [1.165, 1.54) is 11.8 Å². The molecule has 0 saturated carbocycles. The SMILES string of the molecule is COc1ccc(S[C@@H](C)C(=O)Nc2ccc(C(N)=O)cc2)cc1OC. The highest BCUT2D eigenvalue weighted by Crippen LogP contribution is 2.33. The average Bonchev–Trinajstić information content (AvgIpc) is 2.61. The molecule has 3 N–H and O–H groups in total. The number of methoxy groups -OCH3 is 2. The summed E-state index contributed by atoms with van der Waals surface area (Å²) in [6, 6.07) is 11.9. The van der Waals surface area contributed by atoms with Gasteiger partial charge in [0.1, 0.15) is 0 Å². The van der Waals surface area contributed by atoms with Crippen LogP contribution in [0.4, 0.5) is 5.69 Å². The lowest BCUT2D eigenvalue weighted by atomic mass is 10.2. The van der Waals surface area contributed by atoms with Gasteiger partial charge in [0.25, 0.3) is 0 Å². The Labute approximate surface area is 150 Å². The first kappa shape index (κ1) is 18.7. The van der Waals surface area contributed by atoms with Gasteiger partial charge in [-0.05, 0) is 49.4 Å². The topological polar surface area (TPSA) is 90.6 Å². The lowest BCUT2D eigenvalue weighted by Gasteiger charge is -2.14. The molecule has 0 bridgehead atoms. The predicted octanol–water partition coefficient (Wildman–Crippen LogP) is 2.92. The largest absolute Gasteiger partial charge is 0.493 e. The molecule has 6 nitrogen and oxygen atoms in total. The Bertz CT molecular complexity index is 762. The van der Waals surface area contributed by atoms with Crippen LogP contribution in [0.5, 0.6) is 11.5 Å². The maximum absolute atomic E-state index is 12.3. The second kappa shape index (κ2) is 8.43. The number of benzene rings is 2. The zero-order valence-corrected chi connectivity index (χ0v) is 15.1. The molecular weight excluding hydrogens is 340 g/mol. The fourth-order valence-corrected chi connectivity index (χ4v) is 3.01. The summed E-state index contributed by atoms with van der Waals surface area (Å²) in [5.41, 5.74) is 6.20. The van der Waals surface area contributed by atoms with E-state index >= 15 is 0 Å². The molecule has 2 aromatic carbocycles. The molecule has 0 unspecified atom stereocenters. The highest BCUT2D eigenvalue weighted by Gasteiger charge is 2.16. The molecule has 0 saturated heterocycles. The maximum atomic E-state index is 12.3. The molecule has 2 aromatic rings. The van der Waals surface area contributed by atoms with E-state index in [1.807, 2.05) is 19.1 Å². The second-order valence-corrected chi connectivity index (χ2v) is 6.62. The van der Waals surface area contributed by atoms with Gasteiger partial charge in [0.2, 0.25) is 11.8 Å². The van der Waals surface area contributed by atoms with Gasteiger partial charge in [-0.2, -0.15) is 0 Å². The molecular formula is C18H20N2O4S. The Morgan fingerprint density at radius 2 is 1.68 bits per heavy atom. The number of carbonyl (C=O) groups is 2. The minimum Gasteiger partial charge on any atom is -0.493 e. The summed E-state index contributed by atoms with van der Waals surface area (Å²) in [4.78, 5) is 24.3. The molecule has 0 heterocycles. The van der Waals surface area contributed by atoms with Crippen LogP contribution in [-0.2, 0) is 4.79 Å². The molecule has 0 aromatic heterocycles. The summed E-state index contributed by atoms with van der Waals surface area (Å²) in [6.07, 6.45) is 0. The van der Waals surface area contributed by atoms with Gasteiger partial charge in [-0.25, -0.2) is 0 Å². The van der Waals surface area contributed by atoms with Crippen molar-refractivity contribution in [2.24, 2.45) is 5.73 Å². The smallest absolute Gasteiger partial charge is 0.248 e. The predicted molar refractivity (Wildman–Crippen MR) is 98.5 cm³/mol. The molecule has 0 aliphatic rings. The van der Waals surface area contributed by atoms with E-state index in [1.54, 1.807) is 44.6 Å². The number of anilines is 1. The van der Waals surface area contributed by atoms with Gasteiger partial charge in [-0.1, -0.05) is 0 Å². The maximum Gasteiger partial charge on any atom is 0.248 e. The van der Waals surface area contributed by atoms with Crippen molar-refractivity contribution in [3.05, 3.63) is 48.0 Å². The van der Waals surface area contributed by atoms with Gasteiger partial charge in [0, 0.05) is 16.1 Å². The van der Waals surface area contributed by atoms with E-state index in [4.69, 9.17) is 15.2 Å². The van der Waals surface area contributed by atoms with Gasteiger partial charge in [0.05, 0.1) is 19.5 Å². The highest BCUT2D eigenvalue weighted by atomic mass is 32.2. The van der Waals surface area contributed by atoms with Crippen molar-refractivity contribution >= 4 is 29.3 Å². The van der Waals surface area contributed by atoms with E-state index in [2.05, 4.69) is 5.32 Å². The number of rotatable bonds is 7. The molecule has 2 amide bonds. The minimum absolute atomic E-state index is 0.147. The van der Waals surface area contributed by atoms with Gasteiger partial charge in [0.15, 0.2) is 11.5 Å². The minimum atomic E-state index is -0.504. The Morgan fingerprint density at radius 3 is 2.24 bits per heavy atom. The Balaban J connectivity index is 2.01. The molecule has 0 aliphatic heterocycles. The third kappa shape index (κ3) is 4.90. The highest BCUT2D eigenvalue weighted by molar-refractivity contribution is 8.00. The van der Waals surface area contributed by atoms with Gasteiger partial charge < -0.3 is 20.5 Å². The zero-order chi connectivity index (χ0) is 18.4. The fourth-order valence-electron chi connectivity index (χ4n) is 2.11. The number of thioether (sulfide) groups is 1. The van der Waals surface area contributed by atoms with Crippen LogP contribution in [0, 0.1) is 0 Å². The van der Waals surface area contributed by atoms with Crippen molar-refractivity contribution in [2.75, 3.05) is 19.5 Å². The van der Waals surface area contributed by atoms with Crippen LogP contribution in [-0.4, -0.2) is 31.3 Å². The van der Waals surface area contributed by atoms with E-state index in [-0.39, 0.29) is 11.2 Å². The molecule has 132 valence electrons. The van der Waals surface area contributed by atoms with Crippen LogP contribution in [0.3, 0.4) is 0 Å². The van der Waals surface area contributed by atoms with Gasteiger partial charge >= 0.3 is 0 Å². The third-order valence-corrected chi connectivity index (χ3v) is 4.57. The summed E-state index contributed by atoms with van der Waals surface area (Å²) in [5.74, 6) is 0.600. The molecule has 0 fully saturated rings. The summed E-state index contributed by atoms with van der Waals surface area (Å²) in [5, 5.41) is 2.49. The molecule has 0 aliphatic carbocycles. The second-order valence-electron chi connectivity index (χ2n) is 5.21. The van der Waals surface area contributed by atoms with Crippen molar-refractivity contribution in [3.8, 4) is 11.5 Å². The number of primary amides is 1. The van der Waals surface area contributed by atoms with Crippen LogP contribution in [0.15, 0.2) is 47.4 Å². The van der Waals surface area contributed by atoms with E-state index in [9.17, 15) is 9.59 Å². The molecule has 1 atom stereocenters. The lowest BCUT2D eigenvalue weighted by Crippen LogP contribution is -2.22. The number of hydrogen-bond acceptors (Lipinski definition) is 5. The van der Waals surface area contributed by atoms with E-state index < -0.39 is 5.91 Å². The van der Waals surface area contributed by atoms with Crippen LogP contribution in [0.2, 0.25) is 0 Å². The number of nitrogens with two attached hydrogens (primary N) is 1. The molecule has 0 radical (unpaired) electrons. The van der Waals surface area contributed by atoms with E-state index in [0.29, 0.717) is 22.7 Å². The molecule has 2 rings (SSSR count). The average molecular weight is 360 g/mol. The van der Waals surface area contributed by atoms with Crippen LogP contribution in [0.1, 0.15) is 17.3 Å². The summed E-state index contributed by atoms with van der Waals surface area (Å²) >= 11 is 1.41. The van der Waals surface area contributed by atoms with Crippen molar-refractivity contribution in [1.82, 2.24) is 0 Å². The van der Waals surface area contributed by atoms with Gasteiger partial charge in [-0.15, -0.1) is 11.8 Å². The Kier molecular flexibility index (Phi) is 6.30. The Hall–Kier alpha value is -2.67. The third-order valence-electron chi connectivity index (χ3n) is 3.47. The van der Waals surface area contributed by atoms with Crippen LogP contribution in [0.25, 0.3) is 0 Å². The first-order chi connectivity index (χ1) is 11.9. The van der Waals surface area contributed by atoms with Gasteiger partial charge in [-0.3, -0.25) is 9.59 Å². The number of nitrogens with one attached hydrogen (secondary N) is 1. The van der Waals surface area contributed by atoms with Crippen LogP contribution < -0.4 is 20.5 Å². The summed E-state index contributed by atoms with van der Waals surface area (Å²) < 4.78 is 10.5. The number of hydrogen-bond donors (Lipinski definition) is 2. The number of amides is 2. The van der Waals surface area contributed by atoms with E-state index in [0.717, 1.165) is 4.90 Å². The lowest BCUT2D eigenvalue weighted by molar-refractivity contribution is -0.115. The molecule has 25 heavy (non-hydrogen) atoms.